The second-order valence-electron chi connectivity index (χ2n) is 27.8. The Morgan fingerprint density at radius 3 is 2.00 bits per heavy atom. The molecule has 4 aromatic carbocycles. The van der Waals surface area contributed by atoms with Crippen molar-refractivity contribution < 1.29 is 38.9 Å². The van der Waals surface area contributed by atoms with Crippen LogP contribution >= 0.6 is 46.4 Å². The molecule has 2 aliphatic heterocycles. The van der Waals surface area contributed by atoms with Gasteiger partial charge in [-0.1, -0.05) is 135 Å². The van der Waals surface area contributed by atoms with E-state index in [-0.39, 0.29) is 79.6 Å². The van der Waals surface area contributed by atoms with Crippen LogP contribution in [-0.2, 0) is 47.0 Å². The molecule has 20 nitrogen and oxygen atoms in total. The molecule has 1 saturated carbocycles. The Bertz CT molecular complexity index is 3940. The number of halogens is 4. The molecule has 5 heterocycles. The highest BCUT2D eigenvalue weighted by atomic mass is 35.5. The predicted molar refractivity (Wildman–Crippen MR) is 391 cm³/mol. The topological polar surface area (TPSA) is 262 Å². The summed E-state index contributed by atoms with van der Waals surface area (Å²) in [5.74, 6) is 1.07. The average Bonchev–Trinajstić information content (AvgIpc) is 1.57. The number of amides is 4. The van der Waals surface area contributed by atoms with E-state index in [1.54, 1.807) is 64.3 Å². The summed E-state index contributed by atoms with van der Waals surface area (Å²) in [5, 5.41) is 36.4. The van der Waals surface area contributed by atoms with E-state index in [2.05, 4.69) is 98.9 Å². The van der Waals surface area contributed by atoms with Gasteiger partial charge < -0.3 is 46.1 Å². The second kappa shape index (κ2) is 34.9. The van der Waals surface area contributed by atoms with Crippen LogP contribution in [0.5, 0.6) is 0 Å². The Morgan fingerprint density at radius 2 is 1.35 bits per heavy atom. The number of carbonyl (C=O) groups excluding carboxylic acids is 5. The molecule has 0 spiro atoms. The number of imidazole rings is 2. The number of aliphatic hydroxyl groups is 2. The molecule has 528 valence electrons. The number of carbonyl (C=O) groups is 5. The first-order valence-electron chi connectivity index (χ1n) is 34.7. The number of aromatic nitrogens is 6. The van der Waals surface area contributed by atoms with Gasteiger partial charge in [-0.15, -0.1) is 0 Å². The number of likely N-dealkylation sites (tertiary alicyclic amines) is 1. The molecule has 2 unspecified atom stereocenters. The van der Waals surface area contributed by atoms with Crippen molar-refractivity contribution >= 4 is 116 Å². The largest absolute Gasteiger partial charge is 0.387 e. The van der Waals surface area contributed by atoms with Crippen molar-refractivity contribution in [2.24, 2.45) is 5.92 Å². The summed E-state index contributed by atoms with van der Waals surface area (Å²) in [4.78, 5) is 93.5. The van der Waals surface area contributed by atoms with Crippen molar-refractivity contribution in [3.63, 3.8) is 0 Å². The lowest BCUT2D eigenvalue weighted by Crippen LogP contribution is -2.52. The first-order chi connectivity index (χ1) is 47.5. The molecule has 7 aromatic rings. The van der Waals surface area contributed by atoms with Gasteiger partial charge in [0, 0.05) is 94.6 Å². The number of H-pyrrole nitrogens is 1. The van der Waals surface area contributed by atoms with Gasteiger partial charge in [-0.05, 0) is 147 Å². The number of benzene rings is 4. The minimum Gasteiger partial charge on any atom is -0.387 e. The normalized spacial score (nSPS) is 19.9. The van der Waals surface area contributed by atoms with Crippen LogP contribution in [0.1, 0.15) is 159 Å². The number of aromatic amines is 1. The molecule has 1 aliphatic carbocycles. The Morgan fingerprint density at radius 1 is 0.727 bits per heavy atom. The summed E-state index contributed by atoms with van der Waals surface area (Å²) < 4.78 is 8.12. The maximum atomic E-state index is 14.6. The van der Waals surface area contributed by atoms with E-state index in [4.69, 9.17) is 56.1 Å². The van der Waals surface area contributed by atoms with Crippen molar-refractivity contribution in [3.05, 3.63) is 157 Å². The number of piperidine rings is 1. The molecule has 3 aromatic heterocycles. The SMILES string of the molecule is CC(C)N(C[C@H]1O[C@@H](n2cnc3c(NCCCCNC(=O)CCCC(=O)NCCCCCCCC(=O)N[C@H](Cc4ccccc4)C(=O)N4C/C(=C\c5ccc(Cl)c(Cl)c5)C(=O)/C(=C/c5ccc(Cl)c(Cl)c5)C4)ncnc32)C(O)C1O)C1CC(CCc2nc3ccc(C(C)(C)C)cc3[nH]2)C1. The predicted octanol–water partition coefficient (Wildman–Crippen LogP) is 12.6. The number of unbranched alkanes of at least 4 members (excludes halogenated alkanes) is 5. The van der Waals surface area contributed by atoms with Gasteiger partial charge >= 0.3 is 0 Å². The highest BCUT2D eigenvalue weighted by Crippen LogP contribution is 2.39. The van der Waals surface area contributed by atoms with Crippen molar-refractivity contribution in [1.29, 1.82) is 0 Å². The summed E-state index contributed by atoms with van der Waals surface area (Å²) in [6.07, 6.45) is 13.3. The number of aliphatic hydroxyl groups excluding tert-OH is 2. The van der Waals surface area contributed by atoms with Crippen LogP contribution in [0.15, 0.2) is 109 Å². The number of nitrogens with one attached hydrogen (secondary N) is 5. The van der Waals surface area contributed by atoms with Gasteiger partial charge in [0.05, 0.1) is 37.5 Å². The van der Waals surface area contributed by atoms with Gasteiger partial charge in [0.15, 0.2) is 29.0 Å². The lowest BCUT2D eigenvalue weighted by molar-refractivity contribution is -0.136. The molecular formula is C75H92Cl4N12O8. The Kier molecular flexibility index (Phi) is 26.2. The van der Waals surface area contributed by atoms with Gasteiger partial charge in [-0.25, -0.2) is 19.9 Å². The Balaban J connectivity index is 0.584. The minimum absolute atomic E-state index is 0.000645. The fraction of sp³-hybridized carbons (Fsp3) is 0.480. The van der Waals surface area contributed by atoms with Gasteiger partial charge in [0.2, 0.25) is 23.6 Å². The van der Waals surface area contributed by atoms with Crippen LogP contribution in [-0.4, -0.2) is 155 Å². The number of ether oxygens (including phenoxy) is 1. The molecule has 5 atom stereocenters. The second-order valence-corrected chi connectivity index (χ2v) is 29.4. The summed E-state index contributed by atoms with van der Waals surface area (Å²) >= 11 is 25.1. The Labute approximate surface area is 599 Å². The number of hydrogen-bond donors (Lipinski definition) is 7. The number of aryl methyl sites for hydroxylation is 1. The molecule has 0 radical (unpaired) electrons. The zero-order chi connectivity index (χ0) is 70.3. The number of nitrogens with zero attached hydrogens (tertiary/aromatic N) is 7. The maximum absolute atomic E-state index is 14.6. The highest BCUT2D eigenvalue weighted by Gasteiger charge is 2.47. The summed E-state index contributed by atoms with van der Waals surface area (Å²) in [6.45, 7) is 13.0. The fourth-order valence-electron chi connectivity index (χ4n) is 13.2. The van der Waals surface area contributed by atoms with Crippen LogP contribution < -0.4 is 21.3 Å². The van der Waals surface area contributed by atoms with Crippen molar-refractivity contribution in [1.82, 2.24) is 55.2 Å². The standard InChI is InChI=1S/C75H92Cl4N12O8/c1-46(2)90(54-35-50(36-54)24-29-63-86-59-28-25-53(75(3,4)5)40-60(59)87-63)43-62-69(96)70(97)74(99-62)91-45-85-67-71(83-44-84-72(67)91)82-32-15-14-31-81-65(93)21-16-20-64(92)80-30-13-8-6-7-12-19-66(94)88-61(39-47-17-10-9-11-18-47)73(98)89-41-51(33-48-22-26-55(76)57(78)37-48)68(95)52(42-89)34-49-23-27-56(77)58(79)38-49/h9-11,17-18,22-23,25-28,33-34,37-38,40,44-46,50,54,61-62,69-70,74,96-97H,6-8,12-16,19-21,24,29-32,35-36,39,41-43H2,1-5H3,(H,80,92)(H,81,93)(H,86,87)(H,88,94)(H,82,83,84)/b51-33+,52-34+/t50?,54?,61-,62-,69?,70?,74-/m1/s1. The molecule has 99 heavy (non-hydrogen) atoms. The van der Waals surface area contributed by atoms with Crippen LogP contribution in [0.25, 0.3) is 34.3 Å². The van der Waals surface area contributed by atoms with Gasteiger partial charge in [-0.2, -0.15) is 0 Å². The first kappa shape index (κ1) is 74.4. The van der Waals surface area contributed by atoms with E-state index in [0.29, 0.717) is 117 Å². The van der Waals surface area contributed by atoms with Crippen LogP contribution in [0.4, 0.5) is 5.82 Å². The van der Waals surface area contributed by atoms with Crippen molar-refractivity contribution in [2.45, 2.75) is 185 Å². The number of rotatable bonds is 32. The van der Waals surface area contributed by atoms with E-state index in [9.17, 15) is 34.2 Å². The fourth-order valence-corrected chi connectivity index (χ4v) is 13.9. The number of Topliss-reactive ketones (excluding diaryl/α,β-unsaturated/α-hetero) is 1. The van der Waals surface area contributed by atoms with E-state index in [1.807, 2.05) is 30.3 Å². The highest BCUT2D eigenvalue weighted by molar-refractivity contribution is 6.42. The van der Waals surface area contributed by atoms with E-state index in [1.165, 1.54) is 11.9 Å². The number of ketones is 1. The molecule has 4 amide bonds. The third kappa shape index (κ3) is 20.3. The maximum Gasteiger partial charge on any atom is 0.246 e. The molecule has 10 rings (SSSR count). The van der Waals surface area contributed by atoms with E-state index < -0.39 is 30.6 Å². The molecule has 0 bridgehead atoms. The zero-order valence-electron chi connectivity index (χ0n) is 57.1. The van der Waals surface area contributed by atoms with Gasteiger partial charge in [-0.3, -0.25) is 33.4 Å². The zero-order valence-corrected chi connectivity index (χ0v) is 60.1. The molecular weight excluding hydrogens is 1340 g/mol. The van der Waals surface area contributed by atoms with Crippen molar-refractivity contribution in [2.75, 3.05) is 44.6 Å². The van der Waals surface area contributed by atoms with Crippen LogP contribution in [0, 0.1) is 5.92 Å². The lowest BCUT2D eigenvalue weighted by Gasteiger charge is -2.46. The monoisotopic (exact) mass is 1430 g/mol. The molecule has 24 heteroatoms. The molecule has 3 fully saturated rings. The smallest absolute Gasteiger partial charge is 0.246 e. The van der Waals surface area contributed by atoms with Crippen LogP contribution in [0.2, 0.25) is 20.1 Å². The summed E-state index contributed by atoms with van der Waals surface area (Å²) in [5.41, 5.74) is 7.27. The van der Waals surface area contributed by atoms with Crippen LogP contribution in [0.3, 0.4) is 0 Å². The quantitative estimate of drug-likeness (QED) is 0.0153. The average molecular weight is 1430 g/mol. The summed E-state index contributed by atoms with van der Waals surface area (Å²) in [7, 11) is 0. The third-order valence-electron chi connectivity index (χ3n) is 18.9. The van der Waals surface area contributed by atoms with E-state index in [0.717, 1.165) is 80.2 Å². The minimum atomic E-state index is -1.20. The molecule has 3 aliphatic rings. The summed E-state index contributed by atoms with van der Waals surface area (Å²) in [6, 6.07) is 25.7. The molecule has 7 N–H and O–H groups in total. The van der Waals surface area contributed by atoms with Gasteiger partial charge in [0.25, 0.3) is 0 Å². The first-order valence-corrected chi connectivity index (χ1v) is 36.3. The van der Waals surface area contributed by atoms with Gasteiger partial charge in [0.1, 0.15) is 36.5 Å². The van der Waals surface area contributed by atoms with Crippen molar-refractivity contribution in [3.8, 4) is 0 Å². The number of anilines is 1. The number of hydrogen-bond acceptors (Lipinski definition) is 14. The Hall–Kier alpha value is -7.27. The molecule has 2 saturated heterocycles. The third-order valence-corrected chi connectivity index (χ3v) is 20.4. The van der Waals surface area contributed by atoms with E-state index >= 15 is 0 Å². The lowest BCUT2D eigenvalue weighted by atomic mass is 9.76. The number of fused-ring (bicyclic) bond motifs is 2.